The average molecular weight is 1290 g/mol. The van der Waals surface area contributed by atoms with Crippen LogP contribution in [0.25, 0.3) is 187 Å². The van der Waals surface area contributed by atoms with Crippen molar-refractivity contribution in [3.8, 4) is 67.0 Å². The molecular weight excluding hydrogens is 1230 g/mol. The van der Waals surface area contributed by atoms with Crippen molar-refractivity contribution in [2.24, 2.45) is 5.92 Å². The SMILES string of the molecule is C1=Cc2sc3c(-c4cccc5c4oc4ccc(-c6cc(-c7cc(-c8ccc9oc%10c(-c%11cccc%12c%13c(sc%11%12)C=CCC%13)cccc%10c9c8)cc(-n8c9ccccc9c9ccccc98)c7)cc(-n7c8ccccc8c8ccccc87)c6)cc45)cccc3c2CC1.C=C1C=CC=CC1C. The molecule has 0 spiro atoms. The van der Waals surface area contributed by atoms with Crippen molar-refractivity contribution >= 4 is 142 Å². The van der Waals surface area contributed by atoms with E-state index in [1.54, 1.807) is 0 Å². The maximum Gasteiger partial charge on any atom is 0.143 e. The second-order valence-corrected chi connectivity index (χ2v) is 28.6. The third kappa shape index (κ3) is 9.01. The number of allylic oxidation sites excluding steroid dienone is 7. The molecule has 0 amide bonds. The van der Waals surface area contributed by atoms with Crippen LogP contribution in [0, 0.1) is 5.92 Å². The van der Waals surface area contributed by atoms with Gasteiger partial charge in [0.05, 0.1) is 22.1 Å². The minimum absolute atomic E-state index is 0.542. The number of aromatic nitrogens is 2. The first kappa shape index (κ1) is 56.8. The number of fused-ring (bicyclic) bond motifs is 18. The first-order chi connectivity index (χ1) is 48.4. The second kappa shape index (κ2) is 22.5. The Labute approximate surface area is 574 Å². The Morgan fingerprint density at radius 3 is 1.15 bits per heavy atom. The fourth-order valence-corrected chi connectivity index (χ4v) is 18.7. The molecule has 21 rings (SSSR count). The summed E-state index contributed by atoms with van der Waals surface area (Å²) in [6.45, 7) is 6.00. The molecule has 0 N–H and O–H groups in total. The second-order valence-electron chi connectivity index (χ2n) is 26.5. The number of hydrogen-bond acceptors (Lipinski definition) is 4. The lowest BCUT2D eigenvalue weighted by Crippen LogP contribution is -1.98. The topological polar surface area (TPSA) is 36.1 Å². The zero-order chi connectivity index (χ0) is 64.7. The quantitative estimate of drug-likeness (QED) is 0.159. The Hall–Kier alpha value is -11.5. The third-order valence-corrected chi connectivity index (χ3v) is 23.3. The highest BCUT2D eigenvalue weighted by Crippen LogP contribution is 2.49. The molecule has 0 radical (unpaired) electrons. The van der Waals surface area contributed by atoms with Gasteiger partial charge in [-0.3, -0.25) is 0 Å². The molecular formula is C92H62N2O2S2. The fourth-order valence-electron chi connectivity index (χ4n) is 16.0. The van der Waals surface area contributed by atoms with Crippen LogP contribution in [0.2, 0.25) is 0 Å². The zero-order valence-corrected chi connectivity index (χ0v) is 55.5. The Morgan fingerprint density at radius 1 is 0.357 bits per heavy atom. The number of aryl methyl sites for hydroxylation is 2. The molecule has 0 aliphatic heterocycles. The summed E-state index contributed by atoms with van der Waals surface area (Å²) in [6, 6.07) is 90.2. The van der Waals surface area contributed by atoms with Crippen LogP contribution in [-0.2, 0) is 12.8 Å². The number of hydrogen-bond donors (Lipinski definition) is 0. The van der Waals surface area contributed by atoms with Crippen LogP contribution in [0.5, 0.6) is 0 Å². The fraction of sp³-hybridized carbons (Fsp3) is 0.0652. The summed E-state index contributed by atoms with van der Waals surface area (Å²) < 4.78 is 21.6. The van der Waals surface area contributed by atoms with E-state index in [1.807, 2.05) is 34.8 Å². The summed E-state index contributed by atoms with van der Waals surface area (Å²) in [7, 11) is 0. The van der Waals surface area contributed by atoms with Gasteiger partial charge in [0.25, 0.3) is 0 Å². The van der Waals surface area contributed by atoms with E-state index in [2.05, 4.69) is 302 Å². The van der Waals surface area contributed by atoms with Gasteiger partial charge in [-0.1, -0.05) is 208 Å². The smallest absolute Gasteiger partial charge is 0.143 e. The van der Waals surface area contributed by atoms with Gasteiger partial charge in [-0.05, 0) is 190 Å². The largest absolute Gasteiger partial charge is 0.455 e. The molecule has 0 bridgehead atoms. The predicted octanol–water partition coefficient (Wildman–Crippen LogP) is 26.7. The highest BCUT2D eigenvalue weighted by atomic mass is 32.1. The Bertz CT molecular complexity index is 6070. The third-order valence-electron chi connectivity index (χ3n) is 20.9. The van der Waals surface area contributed by atoms with Crippen molar-refractivity contribution in [2.75, 3.05) is 0 Å². The number of benzene rings is 12. The molecule has 6 aromatic heterocycles. The predicted molar refractivity (Wildman–Crippen MR) is 419 cm³/mol. The van der Waals surface area contributed by atoms with Crippen LogP contribution in [0.1, 0.15) is 40.6 Å². The van der Waals surface area contributed by atoms with Crippen LogP contribution in [0.15, 0.2) is 300 Å². The van der Waals surface area contributed by atoms with Crippen LogP contribution in [0.4, 0.5) is 0 Å². The normalized spacial score (nSPS) is 14.4. The van der Waals surface area contributed by atoms with E-state index in [-0.39, 0.29) is 0 Å². The van der Waals surface area contributed by atoms with Crippen molar-refractivity contribution in [3.63, 3.8) is 0 Å². The van der Waals surface area contributed by atoms with Gasteiger partial charge in [0.1, 0.15) is 22.3 Å². The summed E-state index contributed by atoms with van der Waals surface area (Å²) in [4.78, 5) is 2.75. The highest BCUT2D eigenvalue weighted by Gasteiger charge is 2.24. The van der Waals surface area contributed by atoms with E-state index >= 15 is 0 Å². The first-order valence-electron chi connectivity index (χ1n) is 34.1. The molecule has 12 aromatic carbocycles. The molecule has 6 heteroatoms. The van der Waals surface area contributed by atoms with E-state index in [1.165, 1.54) is 79.3 Å². The number of nitrogens with zero attached hydrogens (tertiary/aromatic N) is 2. The summed E-state index contributed by atoms with van der Waals surface area (Å²) in [5.41, 5.74) is 25.9. The van der Waals surface area contributed by atoms with Gasteiger partial charge < -0.3 is 18.0 Å². The van der Waals surface area contributed by atoms with Crippen molar-refractivity contribution in [1.82, 2.24) is 9.13 Å². The molecule has 0 fully saturated rings. The molecule has 98 heavy (non-hydrogen) atoms. The van der Waals surface area contributed by atoms with E-state index in [9.17, 15) is 0 Å². The van der Waals surface area contributed by atoms with Crippen LogP contribution >= 0.6 is 22.7 Å². The highest BCUT2D eigenvalue weighted by molar-refractivity contribution is 7.21. The lowest BCUT2D eigenvalue weighted by molar-refractivity contribution is 0.669. The number of furan rings is 2. The Balaban J connectivity index is 0.000000764. The molecule has 6 heterocycles. The summed E-state index contributed by atoms with van der Waals surface area (Å²) in [5, 5.41) is 12.0. The molecule has 18 aromatic rings. The van der Waals surface area contributed by atoms with Crippen molar-refractivity contribution in [3.05, 3.63) is 312 Å². The lowest BCUT2D eigenvalue weighted by Gasteiger charge is -2.17. The molecule has 1 atom stereocenters. The van der Waals surface area contributed by atoms with Gasteiger partial charge in [0.15, 0.2) is 0 Å². The molecule has 1 unspecified atom stereocenters. The molecule has 4 nitrogen and oxygen atoms in total. The van der Waals surface area contributed by atoms with Crippen LogP contribution in [0.3, 0.4) is 0 Å². The van der Waals surface area contributed by atoms with Gasteiger partial charge >= 0.3 is 0 Å². The first-order valence-corrected chi connectivity index (χ1v) is 35.7. The minimum Gasteiger partial charge on any atom is -0.455 e. The number of rotatable bonds is 7. The van der Waals surface area contributed by atoms with Gasteiger partial charge in [0.2, 0.25) is 0 Å². The Kier molecular flexibility index (Phi) is 13.1. The molecule has 3 aliphatic rings. The van der Waals surface area contributed by atoms with E-state index < -0.39 is 0 Å². The summed E-state index contributed by atoms with van der Waals surface area (Å²) in [6.07, 6.45) is 21.8. The van der Waals surface area contributed by atoms with Crippen molar-refractivity contribution in [2.45, 2.75) is 32.6 Å². The number of para-hydroxylation sites is 6. The molecule has 0 saturated heterocycles. The summed E-state index contributed by atoms with van der Waals surface area (Å²) >= 11 is 3.81. The van der Waals surface area contributed by atoms with Gasteiger partial charge in [-0.15, -0.1) is 22.7 Å². The molecule has 0 saturated carbocycles. The molecule has 3 aliphatic carbocycles. The number of thiophene rings is 2. The van der Waals surface area contributed by atoms with Crippen molar-refractivity contribution in [1.29, 1.82) is 0 Å². The van der Waals surface area contributed by atoms with Crippen LogP contribution < -0.4 is 0 Å². The van der Waals surface area contributed by atoms with Gasteiger partial charge in [0, 0.05) is 95.9 Å². The lowest BCUT2D eigenvalue weighted by atomic mass is 9.93. The van der Waals surface area contributed by atoms with E-state index in [4.69, 9.17) is 8.83 Å². The van der Waals surface area contributed by atoms with Gasteiger partial charge in [-0.2, -0.15) is 0 Å². The monoisotopic (exact) mass is 1290 g/mol. The standard InChI is InChI=1S/C84H52N2O2S2.C8H10/c1-7-31-73-57(17-1)58-18-2-8-32-74(58)85(73)55-43-51(49-37-39-77-71(47-49)65-25-13-23-63(81(65)87-77)69-29-15-27-67-61-21-5-11-35-79(61)89-83(67)69)41-53(45-55)54-42-52(44-56(46-54)86-75-33-9-3-19-59(75)60-20-4-10-34-76(60)86)50-38-40-78-72(48-50)66-26-14-24-64(82(66)88-78)70-30-16-28-68-62-22-6-12-36-80(62)90-84(68)70;1-7-5-3-4-6-8(7)2/h1-4,7-20,23-48H,5-6,21-22H2;3-6,8H,1H2,2H3. The van der Waals surface area contributed by atoms with Crippen LogP contribution in [-0.4, -0.2) is 9.13 Å². The van der Waals surface area contributed by atoms with Crippen molar-refractivity contribution < 1.29 is 8.83 Å². The Morgan fingerprint density at radius 2 is 0.745 bits per heavy atom. The maximum absolute atomic E-state index is 6.99. The average Bonchev–Trinajstić information content (AvgIpc) is 1.59. The molecule has 464 valence electrons. The van der Waals surface area contributed by atoms with E-state index in [0.717, 1.165) is 148 Å². The van der Waals surface area contributed by atoms with E-state index in [0.29, 0.717) is 5.92 Å². The van der Waals surface area contributed by atoms with Gasteiger partial charge in [-0.25, -0.2) is 0 Å². The minimum atomic E-state index is 0.542. The zero-order valence-electron chi connectivity index (χ0n) is 53.9. The summed E-state index contributed by atoms with van der Waals surface area (Å²) in [5.74, 6) is 0.542. The maximum atomic E-state index is 6.99.